The van der Waals surface area contributed by atoms with E-state index in [1.165, 1.54) is 25.7 Å². The Morgan fingerprint density at radius 1 is 0.543 bits per heavy atom. The van der Waals surface area contributed by atoms with Gasteiger partial charge in [0.05, 0.1) is 11.4 Å². The van der Waals surface area contributed by atoms with Crippen molar-refractivity contribution in [3.05, 3.63) is 91.0 Å². The zero-order chi connectivity index (χ0) is 31.6. The molecule has 0 saturated carbocycles. The first-order chi connectivity index (χ1) is 22.6. The molecule has 0 bridgehead atoms. The lowest BCUT2D eigenvalue weighted by molar-refractivity contribution is -0.117. The monoisotopic (exact) mass is 615 g/mol. The van der Waals surface area contributed by atoms with Crippen molar-refractivity contribution < 1.29 is 9.59 Å². The van der Waals surface area contributed by atoms with Gasteiger partial charge in [0.1, 0.15) is 0 Å². The van der Waals surface area contributed by atoms with Gasteiger partial charge in [-0.2, -0.15) is 0 Å². The van der Waals surface area contributed by atoms with Crippen LogP contribution in [0.25, 0.3) is 33.6 Å². The second kappa shape index (κ2) is 15.8. The van der Waals surface area contributed by atoms with Gasteiger partial charge in [-0.1, -0.05) is 54.6 Å². The van der Waals surface area contributed by atoms with Crippen molar-refractivity contribution in [2.75, 3.05) is 49.9 Å². The van der Waals surface area contributed by atoms with Crippen LogP contribution in [0.3, 0.4) is 0 Å². The number of hydrogen-bond donors (Lipinski definition) is 2. The third kappa shape index (κ3) is 8.89. The zero-order valence-electron chi connectivity index (χ0n) is 26.7. The molecule has 0 spiro atoms. The fourth-order valence-corrected chi connectivity index (χ4v) is 6.46. The number of carbonyl (C=O) groups excluding carboxylic acids is 2. The summed E-state index contributed by atoms with van der Waals surface area (Å²) < 4.78 is 0. The molecule has 3 heterocycles. The second-order valence-corrected chi connectivity index (χ2v) is 12.5. The van der Waals surface area contributed by atoms with Gasteiger partial charge in [-0.15, -0.1) is 0 Å². The first kappa shape index (κ1) is 31.6. The molecule has 3 aromatic carbocycles. The van der Waals surface area contributed by atoms with E-state index < -0.39 is 0 Å². The first-order valence-corrected chi connectivity index (χ1v) is 16.9. The maximum absolute atomic E-state index is 12.6. The Kier molecular flexibility index (Phi) is 10.9. The third-order valence-corrected chi connectivity index (χ3v) is 9.02. The standard InChI is InChI=1S/C39H45N5O2/c45-38(12-8-26-43-22-4-5-23-43)40-34-18-14-31(15-19-34)36-28-33(30-10-2-1-3-11-30)29-37(42-36)32-16-20-35(21-17-32)41-39(46)13-9-27-44-24-6-7-25-44/h1-3,10-11,14-21,28-29H,4-9,12-13,22-27H2,(H,40,45)(H,41,46). The minimum absolute atomic E-state index is 0.0557. The Labute approximate surface area is 273 Å². The van der Waals surface area contributed by atoms with Crippen LogP contribution < -0.4 is 10.6 Å². The number of likely N-dealkylation sites (tertiary alicyclic amines) is 2. The molecule has 2 saturated heterocycles. The summed E-state index contributed by atoms with van der Waals surface area (Å²) in [5.41, 5.74) is 7.44. The first-order valence-electron chi connectivity index (χ1n) is 16.9. The lowest BCUT2D eigenvalue weighted by Gasteiger charge is -2.14. The third-order valence-electron chi connectivity index (χ3n) is 9.02. The van der Waals surface area contributed by atoms with E-state index in [2.05, 4.69) is 44.7 Å². The number of anilines is 2. The summed E-state index contributed by atoms with van der Waals surface area (Å²) in [5, 5.41) is 6.11. The Balaban J connectivity index is 1.12. The molecule has 46 heavy (non-hydrogen) atoms. The number of aromatic nitrogens is 1. The van der Waals surface area contributed by atoms with Crippen LogP contribution in [0.4, 0.5) is 11.4 Å². The van der Waals surface area contributed by atoms with Gasteiger partial charge in [-0.25, -0.2) is 4.98 Å². The molecular weight excluding hydrogens is 570 g/mol. The van der Waals surface area contributed by atoms with Crippen LogP contribution in [0.15, 0.2) is 91.0 Å². The average molecular weight is 616 g/mol. The highest BCUT2D eigenvalue weighted by molar-refractivity contribution is 5.91. The molecule has 2 N–H and O–H groups in total. The van der Waals surface area contributed by atoms with Crippen LogP contribution in [0.5, 0.6) is 0 Å². The topological polar surface area (TPSA) is 77.6 Å². The number of hydrogen-bond acceptors (Lipinski definition) is 5. The molecule has 0 unspecified atom stereocenters. The van der Waals surface area contributed by atoms with Crippen molar-refractivity contribution in [1.29, 1.82) is 0 Å². The van der Waals surface area contributed by atoms with E-state index in [-0.39, 0.29) is 11.8 Å². The van der Waals surface area contributed by atoms with Crippen LogP contribution in [0.2, 0.25) is 0 Å². The van der Waals surface area contributed by atoms with Gasteiger partial charge < -0.3 is 20.4 Å². The number of carbonyl (C=O) groups is 2. The van der Waals surface area contributed by atoms with Crippen molar-refractivity contribution in [3.8, 4) is 33.6 Å². The molecule has 238 valence electrons. The molecule has 2 aliphatic heterocycles. The summed E-state index contributed by atoms with van der Waals surface area (Å²) in [6.07, 6.45) is 7.92. The highest BCUT2D eigenvalue weighted by atomic mass is 16.2. The molecule has 0 radical (unpaired) electrons. The lowest BCUT2D eigenvalue weighted by Crippen LogP contribution is -2.22. The summed E-state index contributed by atoms with van der Waals surface area (Å²) in [6, 6.07) is 30.4. The molecule has 6 rings (SSSR count). The van der Waals surface area contributed by atoms with Crippen molar-refractivity contribution in [2.45, 2.75) is 51.4 Å². The van der Waals surface area contributed by atoms with Crippen molar-refractivity contribution in [1.82, 2.24) is 14.8 Å². The number of rotatable bonds is 13. The highest BCUT2D eigenvalue weighted by Crippen LogP contribution is 2.31. The van der Waals surface area contributed by atoms with Gasteiger partial charge in [-0.3, -0.25) is 9.59 Å². The molecule has 0 aliphatic carbocycles. The molecule has 4 aromatic rings. The summed E-state index contributed by atoms with van der Waals surface area (Å²) in [5.74, 6) is 0.111. The fourth-order valence-electron chi connectivity index (χ4n) is 6.46. The molecule has 1 aromatic heterocycles. The van der Waals surface area contributed by atoms with Gasteiger partial charge in [-0.05, 0) is 125 Å². The van der Waals surface area contributed by atoms with Gasteiger partial charge in [0.15, 0.2) is 0 Å². The van der Waals surface area contributed by atoms with Crippen LogP contribution in [-0.4, -0.2) is 65.9 Å². The SMILES string of the molecule is O=C(CCCN1CCCC1)Nc1ccc(-c2cc(-c3ccccc3)cc(-c3ccc(NC(=O)CCCN4CCCC4)cc3)n2)cc1. The number of pyridine rings is 1. The van der Waals surface area contributed by atoms with Crippen LogP contribution >= 0.6 is 0 Å². The minimum atomic E-state index is 0.0557. The summed E-state index contributed by atoms with van der Waals surface area (Å²) in [4.78, 5) is 35.0. The van der Waals surface area contributed by atoms with Crippen LogP contribution in [0, 0.1) is 0 Å². The average Bonchev–Trinajstić information content (AvgIpc) is 3.81. The normalized spacial score (nSPS) is 15.2. The van der Waals surface area contributed by atoms with Crippen LogP contribution in [-0.2, 0) is 9.59 Å². The molecular formula is C39H45N5O2. The molecule has 7 nitrogen and oxygen atoms in total. The number of nitrogens with one attached hydrogen (secondary N) is 2. The maximum atomic E-state index is 12.6. The van der Waals surface area contributed by atoms with Gasteiger partial charge >= 0.3 is 0 Å². The van der Waals surface area contributed by atoms with E-state index in [9.17, 15) is 9.59 Å². The maximum Gasteiger partial charge on any atom is 0.224 e. The largest absolute Gasteiger partial charge is 0.326 e. The van der Waals surface area contributed by atoms with Gasteiger partial charge in [0.25, 0.3) is 0 Å². The number of amides is 2. The predicted molar refractivity (Wildman–Crippen MR) is 188 cm³/mol. The summed E-state index contributed by atoms with van der Waals surface area (Å²) >= 11 is 0. The van der Waals surface area contributed by atoms with Crippen LogP contribution in [0.1, 0.15) is 51.4 Å². The van der Waals surface area contributed by atoms with Gasteiger partial charge in [0.2, 0.25) is 11.8 Å². The van der Waals surface area contributed by atoms with E-state index in [0.29, 0.717) is 12.8 Å². The second-order valence-electron chi connectivity index (χ2n) is 12.5. The van der Waals surface area contributed by atoms with E-state index >= 15 is 0 Å². The zero-order valence-corrected chi connectivity index (χ0v) is 26.7. The molecule has 7 heteroatoms. The Bertz CT molecular complexity index is 1480. The Hall–Kier alpha value is -4.33. The lowest BCUT2D eigenvalue weighted by atomic mass is 10.00. The van der Waals surface area contributed by atoms with Crippen molar-refractivity contribution in [3.63, 3.8) is 0 Å². The quantitative estimate of drug-likeness (QED) is 0.161. The van der Waals surface area contributed by atoms with E-state index in [4.69, 9.17) is 4.98 Å². The Morgan fingerprint density at radius 3 is 1.41 bits per heavy atom. The van der Waals surface area contributed by atoms with E-state index in [0.717, 1.165) is 97.1 Å². The molecule has 2 amide bonds. The van der Waals surface area contributed by atoms with Crippen molar-refractivity contribution >= 4 is 23.2 Å². The van der Waals surface area contributed by atoms with E-state index in [1.807, 2.05) is 66.7 Å². The highest BCUT2D eigenvalue weighted by Gasteiger charge is 2.14. The van der Waals surface area contributed by atoms with Crippen molar-refractivity contribution in [2.24, 2.45) is 0 Å². The smallest absolute Gasteiger partial charge is 0.224 e. The van der Waals surface area contributed by atoms with Gasteiger partial charge in [0, 0.05) is 35.3 Å². The number of nitrogens with zero attached hydrogens (tertiary/aromatic N) is 3. The number of benzene rings is 3. The minimum Gasteiger partial charge on any atom is -0.326 e. The van der Waals surface area contributed by atoms with E-state index in [1.54, 1.807) is 0 Å². The molecule has 2 fully saturated rings. The predicted octanol–water partition coefficient (Wildman–Crippen LogP) is 7.71. The summed E-state index contributed by atoms with van der Waals surface area (Å²) in [7, 11) is 0. The fraction of sp³-hybridized carbons (Fsp3) is 0.359. The summed E-state index contributed by atoms with van der Waals surface area (Å²) in [6.45, 7) is 6.63. The molecule has 0 atom stereocenters. The Morgan fingerprint density at radius 2 is 0.978 bits per heavy atom. The molecule has 2 aliphatic rings.